The summed E-state index contributed by atoms with van der Waals surface area (Å²) < 4.78 is 0. The first kappa shape index (κ1) is 9.25. The molecule has 0 unspecified atom stereocenters. The zero-order valence-electron chi connectivity index (χ0n) is 4.89. The molecule has 10 heavy (non-hydrogen) atoms. The molecule has 6 heteroatoms. The lowest BCUT2D eigenvalue weighted by molar-refractivity contribution is -0.141. The predicted octanol–water partition coefficient (Wildman–Crippen LogP) is -1.78. The van der Waals surface area contributed by atoms with Crippen molar-refractivity contribution >= 4 is 24.5 Å². The molecule has 0 rings (SSSR count). The van der Waals surface area contributed by atoms with E-state index >= 15 is 0 Å². The Morgan fingerprint density at radius 1 is 1.50 bits per heavy atom. The second-order valence-corrected chi connectivity index (χ2v) is 2.19. The van der Waals surface area contributed by atoms with Crippen LogP contribution in [0, 0.1) is 0 Å². The molecule has 58 valence electrons. The van der Waals surface area contributed by atoms with Gasteiger partial charge in [-0.3, -0.25) is 9.59 Å². The van der Waals surface area contributed by atoms with E-state index in [-0.39, 0.29) is 0 Å². The molecule has 2 atom stereocenters. The van der Waals surface area contributed by atoms with E-state index in [9.17, 15) is 9.59 Å². The van der Waals surface area contributed by atoms with Crippen molar-refractivity contribution in [3.05, 3.63) is 0 Å². The van der Waals surface area contributed by atoms with E-state index in [1.165, 1.54) is 0 Å². The van der Waals surface area contributed by atoms with Crippen LogP contribution in [0.1, 0.15) is 0 Å². The monoisotopic (exact) mass is 165 g/mol. The Labute approximate surface area is 62.2 Å². The van der Waals surface area contributed by atoms with Crippen LogP contribution in [0.4, 0.5) is 0 Å². The summed E-state index contributed by atoms with van der Waals surface area (Å²) in [6.45, 7) is 0. The van der Waals surface area contributed by atoms with E-state index in [4.69, 9.17) is 10.2 Å². The van der Waals surface area contributed by atoms with Gasteiger partial charge in [0, 0.05) is 0 Å². The third kappa shape index (κ3) is 2.24. The Balaban J connectivity index is 4.07. The standard InChI is InChI=1S/C4H7NO4S/c5-3(7)1(6)2(10)4(8)9/h1-2,6,10H,(H2,5,7)(H,8,9)/t1-,2+/m0/s1. The van der Waals surface area contributed by atoms with Gasteiger partial charge >= 0.3 is 5.97 Å². The van der Waals surface area contributed by atoms with Gasteiger partial charge in [0.15, 0.2) is 6.10 Å². The van der Waals surface area contributed by atoms with Gasteiger partial charge in [0.25, 0.3) is 0 Å². The molecule has 0 aliphatic carbocycles. The summed E-state index contributed by atoms with van der Waals surface area (Å²) >= 11 is 3.41. The Bertz CT molecular complexity index is 141. The fourth-order valence-electron chi connectivity index (χ4n) is 0.291. The number of aliphatic carboxylic acids is 1. The third-order valence-electron chi connectivity index (χ3n) is 0.844. The molecule has 0 aliphatic rings. The molecule has 0 fully saturated rings. The molecule has 0 radical (unpaired) electrons. The van der Waals surface area contributed by atoms with E-state index in [2.05, 4.69) is 18.4 Å². The molecule has 0 saturated carbocycles. The summed E-state index contributed by atoms with van der Waals surface area (Å²) in [5.41, 5.74) is 4.57. The summed E-state index contributed by atoms with van der Waals surface area (Å²) in [6.07, 6.45) is -1.74. The maximum atomic E-state index is 10.1. The molecule has 0 aromatic rings. The zero-order valence-corrected chi connectivity index (χ0v) is 5.78. The van der Waals surface area contributed by atoms with Crippen molar-refractivity contribution in [1.82, 2.24) is 0 Å². The third-order valence-corrected chi connectivity index (χ3v) is 1.35. The molecule has 0 spiro atoms. The second-order valence-electron chi connectivity index (χ2n) is 1.63. The fraction of sp³-hybridized carbons (Fsp3) is 0.500. The molecule has 5 nitrogen and oxygen atoms in total. The van der Waals surface area contributed by atoms with Crippen LogP contribution >= 0.6 is 12.6 Å². The van der Waals surface area contributed by atoms with Crippen LogP contribution in [0.2, 0.25) is 0 Å². The maximum absolute atomic E-state index is 10.1. The zero-order chi connectivity index (χ0) is 8.31. The van der Waals surface area contributed by atoms with Gasteiger partial charge < -0.3 is 15.9 Å². The van der Waals surface area contributed by atoms with Gasteiger partial charge in [-0.1, -0.05) is 0 Å². The minimum Gasteiger partial charge on any atom is -0.480 e. The minimum atomic E-state index is -1.74. The highest BCUT2D eigenvalue weighted by Crippen LogP contribution is 2.00. The van der Waals surface area contributed by atoms with Crippen LogP contribution in [0.25, 0.3) is 0 Å². The molecule has 0 aromatic heterocycles. The first-order chi connectivity index (χ1) is 4.46. The normalized spacial score (nSPS) is 15.8. The Morgan fingerprint density at radius 2 is 1.90 bits per heavy atom. The number of hydrogen-bond acceptors (Lipinski definition) is 4. The van der Waals surface area contributed by atoms with Gasteiger partial charge in [0.2, 0.25) is 5.91 Å². The lowest BCUT2D eigenvalue weighted by Crippen LogP contribution is -2.40. The predicted molar refractivity (Wildman–Crippen MR) is 35.6 cm³/mol. The van der Waals surface area contributed by atoms with Crippen molar-refractivity contribution in [2.45, 2.75) is 11.4 Å². The number of carbonyl (C=O) groups is 2. The number of carbonyl (C=O) groups excluding carboxylic acids is 1. The Morgan fingerprint density at radius 3 is 2.00 bits per heavy atom. The highest BCUT2D eigenvalue weighted by atomic mass is 32.1. The van der Waals surface area contributed by atoms with Gasteiger partial charge in [0.05, 0.1) is 0 Å². The summed E-state index contributed by atoms with van der Waals surface area (Å²) in [4.78, 5) is 20.1. The van der Waals surface area contributed by atoms with Crippen molar-refractivity contribution < 1.29 is 19.8 Å². The number of rotatable bonds is 3. The van der Waals surface area contributed by atoms with Gasteiger partial charge in [-0.25, -0.2) is 0 Å². The average molecular weight is 165 g/mol. The van der Waals surface area contributed by atoms with E-state index in [0.29, 0.717) is 0 Å². The average Bonchev–Trinajstić information content (AvgIpc) is 1.84. The SMILES string of the molecule is NC(=O)[C@@H](O)[C@@H](S)C(=O)O. The van der Waals surface area contributed by atoms with Crippen molar-refractivity contribution in [2.24, 2.45) is 5.73 Å². The van der Waals surface area contributed by atoms with Gasteiger partial charge in [-0.15, -0.1) is 0 Å². The van der Waals surface area contributed by atoms with E-state index in [1.807, 2.05) is 0 Å². The number of aliphatic hydroxyl groups is 1. The first-order valence-electron chi connectivity index (χ1n) is 2.35. The van der Waals surface area contributed by atoms with Crippen LogP contribution in [-0.4, -0.2) is 33.4 Å². The van der Waals surface area contributed by atoms with Crippen molar-refractivity contribution in [1.29, 1.82) is 0 Å². The van der Waals surface area contributed by atoms with E-state index < -0.39 is 23.2 Å². The molecule has 0 aromatic carbocycles. The fourth-order valence-corrected chi connectivity index (χ4v) is 0.438. The summed E-state index contributed by atoms with van der Waals surface area (Å²) in [6, 6.07) is 0. The second kappa shape index (κ2) is 3.43. The molecule has 0 aliphatic heterocycles. The summed E-state index contributed by atoms with van der Waals surface area (Å²) in [5.74, 6) is -2.47. The summed E-state index contributed by atoms with van der Waals surface area (Å²) in [5, 5.41) is 15.3. The molecular formula is C4H7NO4S. The topological polar surface area (TPSA) is 101 Å². The number of primary amides is 1. The maximum Gasteiger partial charge on any atom is 0.319 e. The van der Waals surface area contributed by atoms with Gasteiger partial charge in [-0.2, -0.15) is 12.6 Å². The number of thiol groups is 1. The molecule has 0 bridgehead atoms. The number of aliphatic hydroxyl groups excluding tert-OH is 1. The number of carboxylic acids is 1. The lowest BCUT2D eigenvalue weighted by atomic mass is 10.2. The van der Waals surface area contributed by atoms with E-state index in [0.717, 1.165) is 0 Å². The van der Waals surface area contributed by atoms with E-state index in [1.54, 1.807) is 0 Å². The number of amides is 1. The Kier molecular flexibility index (Phi) is 3.17. The van der Waals surface area contributed by atoms with Crippen molar-refractivity contribution in [3.63, 3.8) is 0 Å². The van der Waals surface area contributed by atoms with Gasteiger partial charge in [-0.05, 0) is 0 Å². The van der Waals surface area contributed by atoms with Crippen LogP contribution in [0.3, 0.4) is 0 Å². The smallest absolute Gasteiger partial charge is 0.319 e. The van der Waals surface area contributed by atoms with Crippen molar-refractivity contribution in [2.75, 3.05) is 0 Å². The van der Waals surface area contributed by atoms with Crippen LogP contribution in [0.5, 0.6) is 0 Å². The lowest BCUT2D eigenvalue weighted by Gasteiger charge is -2.08. The molecule has 0 saturated heterocycles. The van der Waals surface area contributed by atoms with Crippen LogP contribution in [0.15, 0.2) is 0 Å². The Hall–Kier alpha value is -0.750. The first-order valence-corrected chi connectivity index (χ1v) is 2.86. The quantitative estimate of drug-likeness (QED) is 0.371. The minimum absolute atomic E-state index is 1.09. The van der Waals surface area contributed by atoms with Crippen molar-refractivity contribution in [3.8, 4) is 0 Å². The molecular weight excluding hydrogens is 158 g/mol. The highest BCUT2D eigenvalue weighted by Gasteiger charge is 2.26. The van der Waals surface area contributed by atoms with Gasteiger partial charge in [0.1, 0.15) is 5.25 Å². The number of carboxylic acid groups (broad SMARTS) is 1. The molecule has 0 heterocycles. The highest BCUT2D eigenvalue weighted by molar-refractivity contribution is 7.81. The molecule has 1 amide bonds. The molecule has 4 N–H and O–H groups in total. The number of nitrogens with two attached hydrogens (primary N) is 1. The van der Waals surface area contributed by atoms with Crippen LogP contribution in [-0.2, 0) is 9.59 Å². The number of hydrogen-bond donors (Lipinski definition) is 4. The summed E-state index contributed by atoms with van der Waals surface area (Å²) in [7, 11) is 0. The van der Waals surface area contributed by atoms with Crippen LogP contribution < -0.4 is 5.73 Å². The largest absolute Gasteiger partial charge is 0.480 e.